The van der Waals surface area contributed by atoms with E-state index >= 15 is 0 Å². The predicted octanol–water partition coefficient (Wildman–Crippen LogP) is 3.12. The first-order valence-corrected chi connectivity index (χ1v) is 6.82. The molecule has 0 atom stereocenters. The third-order valence-corrected chi connectivity index (χ3v) is 3.21. The van der Waals surface area contributed by atoms with Crippen molar-refractivity contribution in [1.29, 1.82) is 0 Å². The van der Waals surface area contributed by atoms with E-state index in [-0.39, 0.29) is 0 Å². The average molecular weight is 335 g/mol. The van der Waals surface area contributed by atoms with E-state index in [1.165, 1.54) is 17.1 Å². The zero-order valence-corrected chi connectivity index (χ0v) is 12.4. The van der Waals surface area contributed by atoms with Crippen molar-refractivity contribution in [2.45, 2.75) is 13.3 Å². The number of alkyl halides is 3. The maximum atomic E-state index is 12.1. The summed E-state index contributed by atoms with van der Waals surface area (Å²) in [4.78, 5) is 8.06. The van der Waals surface area contributed by atoms with Crippen molar-refractivity contribution in [3.8, 4) is 23.0 Å². The second-order valence-electron chi connectivity index (χ2n) is 4.98. The first-order valence-electron chi connectivity index (χ1n) is 6.82. The first-order chi connectivity index (χ1) is 11.3. The van der Waals surface area contributed by atoms with Gasteiger partial charge in [0, 0.05) is 11.3 Å². The topological polar surface area (TPSA) is 78.8 Å². The Morgan fingerprint density at radius 1 is 1.12 bits per heavy atom. The van der Waals surface area contributed by atoms with Crippen LogP contribution in [0, 0.1) is 6.92 Å². The molecule has 2 aromatic heterocycles. The Hall–Kier alpha value is -3.10. The van der Waals surface area contributed by atoms with E-state index < -0.39 is 12.1 Å². The molecule has 124 valence electrons. The van der Waals surface area contributed by atoms with Crippen molar-refractivity contribution < 1.29 is 17.9 Å². The van der Waals surface area contributed by atoms with Crippen molar-refractivity contribution in [1.82, 2.24) is 19.7 Å². The van der Waals surface area contributed by atoms with Gasteiger partial charge in [-0.1, -0.05) is 0 Å². The summed E-state index contributed by atoms with van der Waals surface area (Å²) in [6.07, 6.45) is -2.36. The van der Waals surface area contributed by atoms with Crippen LogP contribution >= 0.6 is 0 Å². The number of halogens is 3. The first kappa shape index (κ1) is 15.8. The summed E-state index contributed by atoms with van der Waals surface area (Å²) < 4.78 is 41.5. The summed E-state index contributed by atoms with van der Waals surface area (Å²) in [5.41, 5.74) is 8.11. The number of hydrogen-bond acceptors (Lipinski definition) is 5. The monoisotopic (exact) mass is 335 g/mol. The number of aryl methyl sites for hydroxylation is 1. The number of pyridine rings is 1. The van der Waals surface area contributed by atoms with Crippen molar-refractivity contribution in [3.63, 3.8) is 0 Å². The molecule has 0 aliphatic carbocycles. The number of aromatic nitrogens is 4. The summed E-state index contributed by atoms with van der Waals surface area (Å²) in [6.45, 7) is 1.87. The minimum absolute atomic E-state index is 0.315. The molecule has 0 saturated carbocycles. The number of nitrogen functional groups attached to an aromatic ring is 1. The van der Waals surface area contributed by atoms with Gasteiger partial charge in [-0.3, -0.25) is 0 Å². The van der Waals surface area contributed by atoms with E-state index in [2.05, 4.69) is 19.8 Å². The van der Waals surface area contributed by atoms with Crippen molar-refractivity contribution in [2.75, 3.05) is 5.73 Å². The Morgan fingerprint density at radius 2 is 1.92 bits per heavy atom. The van der Waals surface area contributed by atoms with Crippen LogP contribution in [0.15, 0.2) is 42.9 Å². The van der Waals surface area contributed by atoms with Crippen molar-refractivity contribution >= 4 is 5.69 Å². The fourth-order valence-electron chi connectivity index (χ4n) is 2.02. The zero-order valence-electron chi connectivity index (χ0n) is 12.4. The molecule has 0 unspecified atom stereocenters. The van der Waals surface area contributed by atoms with Crippen LogP contribution in [0.3, 0.4) is 0 Å². The number of hydrogen-bond donors (Lipinski definition) is 1. The molecule has 0 radical (unpaired) electrons. The van der Waals surface area contributed by atoms with Gasteiger partial charge in [-0.05, 0) is 42.8 Å². The van der Waals surface area contributed by atoms with Crippen LogP contribution in [0.25, 0.3) is 17.2 Å². The molecule has 0 fully saturated rings. The van der Waals surface area contributed by atoms with Gasteiger partial charge in [-0.25, -0.2) is 14.6 Å². The average Bonchev–Trinajstić information content (AvgIpc) is 2.99. The molecule has 0 aliphatic heterocycles. The molecule has 9 heteroatoms. The van der Waals surface area contributed by atoms with Crippen LogP contribution < -0.4 is 10.5 Å². The van der Waals surface area contributed by atoms with Gasteiger partial charge in [0.05, 0.1) is 6.20 Å². The fraction of sp³-hybridized carbons (Fsp3) is 0.133. The molecule has 24 heavy (non-hydrogen) atoms. The van der Waals surface area contributed by atoms with E-state index in [9.17, 15) is 13.2 Å². The number of nitrogens with two attached hydrogens (primary N) is 1. The molecule has 1 aromatic carbocycles. The number of ether oxygens (including phenoxy) is 1. The number of benzene rings is 1. The van der Waals surface area contributed by atoms with Gasteiger partial charge in [0.2, 0.25) is 0 Å². The van der Waals surface area contributed by atoms with Crippen LogP contribution in [-0.4, -0.2) is 26.1 Å². The minimum atomic E-state index is -4.75. The van der Waals surface area contributed by atoms with E-state index in [1.807, 2.05) is 13.0 Å². The van der Waals surface area contributed by atoms with E-state index in [0.717, 1.165) is 23.4 Å². The smallest absolute Gasteiger partial charge is 0.404 e. The second-order valence-corrected chi connectivity index (χ2v) is 4.98. The van der Waals surface area contributed by atoms with Gasteiger partial charge in [-0.2, -0.15) is 0 Å². The SMILES string of the molecule is Cc1cc(-c2ncn(-c3ccc(OC(F)(F)F)cn3)n2)ccc1N. The summed E-state index contributed by atoms with van der Waals surface area (Å²) in [6, 6.07) is 7.91. The van der Waals surface area contributed by atoms with Crippen LogP contribution in [0.2, 0.25) is 0 Å². The van der Waals surface area contributed by atoms with Gasteiger partial charge in [0.1, 0.15) is 12.1 Å². The van der Waals surface area contributed by atoms with E-state index in [1.54, 1.807) is 12.1 Å². The maximum Gasteiger partial charge on any atom is 0.573 e. The normalized spacial score (nSPS) is 11.5. The lowest BCUT2D eigenvalue weighted by atomic mass is 10.1. The zero-order chi connectivity index (χ0) is 17.3. The molecule has 0 saturated heterocycles. The molecule has 2 N–H and O–H groups in total. The quantitative estimate of drug-likeness (QED) is 0.744. The lowest BCUT2D eigenvalue weighted by Gasteiger charge is -2.08. The molecule has 0 aliphatic rings. The van der Waals surface area contributed by atoms with Crippen LogP contribution in [-0.2, 0) is 0 Å². The van der Waals surface area contributed by atoms with Gasteiger partial charge < -0.3 is 10.5 Å². The molecule has 0 amide bonds. The lowest BCUT2D eigenvalue weighted by molar-refractivity contribution is -0.274. The van der Waals surface area contributed by atoms with E-state index in [0.29, 0.717) is 17.3 Å². The number of rotatable bonds is 3. The molecular weight excluding hydrogens is 323 g/mol. The highest BCUT2D eigenvalue weighted by Gasteiger charge is 2.31. The molecule has 2 heterocycles. The molecule has 3 rings (SSSR count). The van der Waals surface area contributed by atoms with E-state index in [4.69, 9.17) is 5.73 Å². The molecule has 0 spiro atoms. The maximum absolute atomic E-state index is 12.1. The lowest BCUT2D eigenvalue weighted by Crippen LogP contribution is -2.17. The van der Waals surface area contributed by atoms with Crippen LogP contribution in [0.1, 0.15) is 5.56 Å². The van der Waals surface area contributed by atoms with Gasteiger partial charge >= 0.3 is 6.36 Å². The van der Waals surface area contributed by atoms with Crippen molar-refractivity contribution in [3.05, 3.63) is 48.4 Å². The second kappa shape index (κ2) is 5.84. The van der Waals surface area contributed by atoms with Crippen molar-refractivity contribution in [2.24, 2.45) is 0 Å². The standard InChI is InChI=1S/C15H12F3N5O/c1-9-6-10(2-4-12(9)19)14-21-8-23(22-14)13-5-3-11(7-20-13)24-15(16,17)18/h2-8H,19H2,1H3. The number of anilines is 1. The van der Waals surface area contributed by atoms with Crippen LogP contribution in [0.5, 0.6) is 5.75 Å². The number of nitrogens with zero attached hydrogens (tertiary/aromatic N) is 4. The summed E-state index contributed by atoms with van der Waals surface area (Å²) in [5.74, 6) is 0.367. The third kappa shape index (κ3) is 3.45. The summed E-state index contributed by atoms with van der Waals surface area (Å²) in [5, 5.41) is 4.26. The minimum Gasteiger partial charge on any atom is -0.404 e. The Balaban J connectivity index is 1.84. The predicted molar refractivity (Wildman–Crippen MR) is 80.4 cm³/mol. The van der Waals surface area contributed by atoms with Crippen LogP contribution in [0.4, 0.5) is 18.9 Å². The Morgan fingerprint density at radius 3 is 2.54 bits per heavy atom. The Labute approximate surface area is 134 Å². The molecular formula is C15H12F3N5O. The highest BCUT2D eigenvalue weighted by Crippen LogP contribution is 2.23. The summed E-state index contributed by atoms with van der Waals surface area (Å²) in [7, 11) is 0. The highest BCUT2D eigenvalue weighted by atomic mass is 19.4. The third-order valence-electron chi connectivity index (χ3n) is 3.21. The van der Waals surface area contributed by atoms with Gasteiger partial charge in [0.15, 0.2) is 11.6 Å². The Bertz CT molecular complexity index is 858. The molecule has 0 bridgehead atoms. The molecule has 3 aromatic rings. The molecule has 6 nitrogen and oxygen atoms in total. The fourth-order valence-corrected chi connectivity index (χ4v) is 2.02. The largest absolute Gasteiger partial charge is 0.573 e. The van der Waals surface area contributed by atoms with Gasteiger partial charge in [0.25, 0.3) is 0 Å². The summed E-state index contributed by atoms with van der Waals surface area (Å²) >= 11 is 0. The highest BCUT2D eigenvalue weighted by molar-refractivity contribution is 5.61. The van der Waals surface area contributed by atoms with Gasteiger partial charge in [-0.15, -0.1) is 18.3 Å². The Kier molecular flexibility index (Phi) is 3.84.